The van der Waals surface area contributed by atoms with Crippen molar-refractivity contribution in [2.75, 3.05) is 6.54 Å². The Morgan fingerprint density at radius 3 is 3.15 bits per heavy atom. The summed E-state index contributed by atoms with van der Waals surface area (Å²) in [5.74, 6) is 0. The first-order valence-corrected chi connectivity index (χ1v) is 8.30. The number of hydrogen-bond donors (Lipinski definition) is 1. The second-order valence-electron chi connectivity index (χ2n) is 5.32. The van der Waals surface area contributed by atoms with Crippen molar-refractivity contribution in [3.8, 4) is 0 Å². The molecule has 1 aliphatic rings. The molecule has 0 spiro atoms. The lowest BCUT2D eigenvalue weighted by Crippen LogP contribution is -2.24. The number of thiazole rings is 1. The van der Waals surface area contributed by atoms with Crippen LogP contribution in [0.5, 0.6) is 0 Å². The summed E-state index contributed by atoms with van der Waals surface area (Å²) in [6.07, 6.45) is 7.54. The molecule has 2 aromatic rings. The van der Waals surface area contributed by atoms with E-state index in [9.17, 15) is 0 Å². The van der Waals surface area contributed by atoms with E-state index in [0.29, 0.717) is 6.04 Å². The van der Waals surface area contributed by atoms with Gasteiger partial charge in [-0.15, -0.1) is 11.3 Å². The van der Waals surface area contributed by atoms with Gasteiger partial charge in [-0.1, -0.05) is 13.0 Å². The van der Waals surface area contributed by atoms with Crippen LogP contribution in [0.15, 0.2) is 24.4 Å². The molecule has 1 N–H and O–H groups in total. The molecule has 0 saturated heterocycles. The average Bonchev–Trinajstić information content (AvgIpc) is 2.89. The molecule has 0 bridgehead atoms. The Balaban J connectivity index is 1.77. The molecule has 0 amide bonds. The van der Waals surface area contributed by atoms with Crippen LogP contribution in [-0.2, 0) is 12.8 Å². The lowest BCUT2D eigenvalue weighted by Gasteiger charge is -2.22. The van der Waals surface area contributed by atoms with Gasteiger partial charge in [-0.05, 0) is 44.4 Å². The van der Waals surface area contributed by atoms with Crippen LogP contribution in [0.1, 0.15) is 53.5 Å². The highest BCUT2D eigenvalue weighted by Gasteiger charge is 2.24. The van der Waals surface area contributed by atoms with Gasteiger partial charge in [-0.2, -0.15) is 0 Å². The van der Waals surface area contributed by atoms with Gasteiger partial charge in [0.15, 0.2) is 0 Å². The third kappa shape index (κ3) is 3.07. The number of hydrogen-bond acceptors (Lipinski definition) is 4. The summed E-state index contributed by atoms with van der Waals surface area (Å²) >= 11 is 1.88. The second kappa shape index (κ2) is 6.46. The summed E-state index contributed by atoms with van der Waals surface area (Å²) in [5, 5.41) is 4.87. The van der Waals surface area contributed by atoms with Crippen molar-refractivity contribution >= 4 is 11.3 Å². The monoisotopic (exact) mass is 287 g/mol. The maximum absolute atomic E-state index is 4.84. The van der Waals surface area contributed by atoms with Crippen LogP contribution >= 0.6 is 11.3 Å². The molecule has 0 fully saturated rings. The van der Waals surface area contributed by atoms with Gasteiger partial charge in [0, 0.05) is 29.2 Å². The maximum atomic E-state index is 4.84. The number of nitrogens with one attached hydrogen (secondary N) is 1. The average molecular weight is 287 g/mol. The van der Waals surface area contributed by atoms with Crippen molar-refractivity contribution in [1.29, 1.82) is 0 Å². The van der Waals surface area contributed by atoms with Crippen LogP contribution in [0, 0.1) is 0 Å². The standard InChI is InChI=1S/C16H21N3S/c1-2-9-18-13-7-5-8-14-16(13)20-15(19-14)11-12-6-3-4-10-17-12/h3-4,6,10,13,18H,2,5,7-9,11H2,1H3. The molecule has 1 aliphatic carbocycles. The first-order valence-electron chi connectivity index (χ1n) is 7.48. The number of fused-ring (bicyclic) bond motifs is 1. The van der Waals surface area contributed by atoms with Crippen LogP contribution in [0.2, 0.25) is 0 Å². The van der Waals surface area contributed by atoms with Gasteiger partial charge in [0.05, 0.1) is 10.7 Å². The van der Waals surface area contributed by atoms with Crippen molar-refractivity contribution in [3.63, 3.8) is 0 Å². The Labute approximate surface area is 124 Å². The van der Waals surface area contributed by atoms with Crippen LogP contribution in [0.4, 0.5) is 0 Å². The van der Waals surface area contributed by atoms with E-state index in [0.717, 1.165) is 25.1 Å². The zero-order valence-corrected chi connectivity index (χ0v) is 12.7. The summed E-state index contributed by atoms with van der Waals surface area (Å²) in [6, 6.07) is 6.60. The summed E-state index contributed by atoms with van der Waals surface area (Å²) in [6.45, 7) is 3.31. The van der Waals surface area contributed by atoms with Crippen molar-refractivity contribution in [1.82, 2.24) is 15.3 Å². The Hall–Kier alpha value is -1.26. The molecule has 1 atom stereocenters. The smallest absolute Gasteiger partial charge is 0.0991 e. The predicted molar refractivity (Wildman–Crippen MR) is 83.1 cm³/mol. The molecule has 2 heterocycles. The molecular weight excluding hydrogens is 266 g/mol. The third-order valence-corrected chi connectivity index (χ3v) is 4.91. The van der Waals surface area contributed by atoms with Gasteiger partial charge < -0.3 is 5.32 Å². The molecule has 1 unspecified atom stereocenters. The normalized spacial score (nSPS) is 17.9. The maximum Gasteiger partial charge on any atom is 0.0991 e. The number of pyridine rings is 1. The largest absolute Gasteiger partial charge is 0.309 e. The van der Waals surface area contributed by atoms with E-state index in [1.54, 1.807) is 0 Å². The van der Waals surface area contributed by atoms with Crippen molar-refractivity contribution in [2.45, 2.75) is 45.1 Å². The molecule has 3 nitrogen and oxygen atoms in total. The van der Waals surface area contributed by atoms with E-state index in [4.69, 9.17) is 4.98 Å². The van der Waals surface area contributed by atoms with Gasteiger partial charge >= 0.3 is 0 Å². The van der Waals surface area contributed by atoms with Gasteiger partial charge in [0.1, 0.15) is 0 Å². The van der Waals surface area contributed by atoms with Crippen molar-refractivity contribution in [3.05, 3.63) is 45.7 Å². The highest BCUT2D eigenvalue weighted by atomic mass is 32.1. The highest BCUT2D eigenvalue weighted by molar-refractivity contribution is 7.11. The van der Waals surface area contributed by atoms with Crippen LogP contribution in [0.25, 0.3) is 0 Å². The fourth-order valence-corrected chi connectivity index (χ4v) is 3.96. The molecule has 4 heteroatoms. The van der Waals surface area contributed by atoms with E-state index in [-0.39, 0.29) is 0 Å². The quantitative estimate of drug-likeness (QED) is 0.914. The zero-order valence-electron chi connectivity index (χ0n) is 11.9. The first-order chi connectivity index (χ1) is 9.86. The Bertz CT molecular complexity index is 550. The predicted octanol–water partition coefficient (Wildman–Crippen LogP) is 3.51. The molecule has 20 heavy (non-hydrogen) atoms. The minimum absolute atomic E-state index is 0.522. The SMILES string of the molecule is CCCNC1CCCc2nc(Cc3ccccn3)sc21. The van der Waals surface area contributed by atoms with Gasteiger partial charge in [-0.3, -0.25) is 4.98 Å². The lowest BCUT2D eigenvalue weighted by atomic mass is 9.98. The van der Waals surface area contributed by atoms with Crippen LogP contribution in [0.3, 0.4) is 0 Å². The van der Waals surface area contributed by atoms with Crippen molar-refractivity contribution < 1.29 is 0 Å². The van der Waals surface area contributed by atoms with E-state index in [1.165, 1.54) is 34.8 Å². The lowest BCUT2D eigenvalue weighted by molar-refractivity contribution is 0.464. The Morgan fingerprint density at radius 2 is 2.35 bits per heavy atom. The molecule has 3 rings (SSSR count). The molecule has 0 aliphatic heterocycles. The minimum Gasteiger partial charge on any atom is -0.309 e. The summed E-state index contributed by atoms with van der Waals surface area (Å²) in [7, 11) is 0. The van der Waals surface area contributed by atoms with Gasteiger partial charge in [0.25, 0.3) is 0 Å². The van der Waals surface area contributed by atoms with Crippen LogP contribution < -0.4 is 5.32 Å². The molecule has 0 saturated carbocycles. The van der Waals surface area contributed by atoms with E-state index >= 15 is 0 Å². The summed E-state index contributed by atoms with van der Waals surface area (Å²) < 4.78 is 0. The number of aryl methyl sites for hydroxylation is 1. The molecular formula is C16H21N3S. The molecule has 0 radical (unpaired) electrons. The van der Waals surface area contributed by atoms with Crippen LogP contribution in [-0.4, -0.2) is 16.5 Å². The topological polar surface area (TPSA) is 37.8 Å². The molecule has 0 aromatic carbocycles. The van der Waals surface area contributed by atoms with E-state index in [1.807, 2.05) is 29.7 Å². The third-order valence-electron chi connectivity index (χ3n) is 3.69. The Kier molecular flexibility index (Phi) is 4.43. The minimum atomic E-state index is 0.522. The van der Waals surface area contributed by atoms with Crippen molar-refractivity contribution in [2.24, 2.45) is 0 Å². The number of aromatic nitrogens is 2. The number of rotatable bonds is 5. The van der Waals surface area contributed by atoms with E-state index < -0.39 is 0 Å². The van der Waals surface area contributed by atoms with Gasteiger partial charge in [-0.25, -0.2) is 4.98 Å². The summed E-state index contributed by atoms with van der Waals surface area (Å²) in [4.78, 5) is 10.7. The fourth-order valence-electron chi connectivity index (χ4n) is 2.72. The summed E-state index contributed by atoms with van der Waals surface area (Å²) in [5.41, 5.74) is 2.43. The van der Waals surface area contributed by atoms with Gasteiger partial charge in [0.2, 0.25) is 0 Å². The highest BCUT2D eigenvalue weighted by Crippen LogP contribution is 2.34. The zero-order chi connectivity index (χ0) is 13.8. The first kappa shape index (κ1) is 13.7. The fraction of sp³-hybridized carbons (Fsp3) is 0.500. The second-order valence-corrected chi connectivity index (χ2v) is 6.43. The van der Waals surface area contributed by atoms with E-state index in [2.05, 4.69) is 23.3 Å². The Morgan fingerprint density at radius 1 is 1.40 bits per heavy atom. The number of nitrogens with zero attached hydrogens (tertiary/aromatic N) is 2. The molecule has 106 valence electrons. The molecule has 2 aromatic heterocycles.